The third-order valence-corrected chi connectivity index (χ3v) is 11.4. The predicted octanol–water partition coefficient (Wildman–Crippen LogP) is 6.51. The van der Waals surface area contributed by atoms with Crippen LogP contribution in [0.4, 0.5) is 20.2 Å². The number of ether oxygens (including phenoxy) is 1. The Hall–Kier alpha value is -4.26. The van der Waals surface area contributed by atoms with Crippen molar-refractivity contribution < 1.29 is 23.1 Å². The highest BCUT2D eigenvalue weighted by Gasteiger charge is 2.48. The highest BCUT2D eigenvalue weighted by atomic mass is 35.5. The molecule has 0 spiro atoms. The van der Waals surface area contributed by atoms with Gasteiger partial charge in [0.05, 0.1) is 29.8 Å². The molecule has 3 saturated heterocycles. The molecule has 14 heteroatoms. The van der Waals surface area contributed by atoms with Gasteiger partial charge in [-0.05, 0) is 85.5 Å². The summed E-state index contributed by atoms with van der Waals surface area (Å²) in [6.45, 7) is 1.58. The monoisotopic (exact) mass is 752 g/mol. The molecule has 2 amide bonds. The lowest BCUT2D eigenvalue weighted by Crippen LogP contribution is -2.52. The second-order valence-electron chi connectivity index (χ2n) is 14.0. The van der Waals surface area contributed by atoms with Gasteiger partial charge in [0.25, 0.3) is 11.5 Å². The average Bonchev–Trinajstić information content (AvgIpc) is 3.12. The number of alkyl halides is 2. The van der Waals surface area contributed by atoms with Gasteiger partial charge >= 0.3 is 0 Å². The zero-order valence-corrected chi connectivity index (χ0v) is 30.4. The van der Waals surface area contributed by atoms with Crippen LogP contribution in [0, 0.1) is 11.8 Å². The Bertz CT molecular complexity index is 2090. The molecule has 7 rings (SSSR count). The molecule has 52 heavy (non-hydrogen) atoms. The molecule has 2 atom stereocenters. The van der Waals surface area contributed by atoms with E-state index in [1.807, 2.05) is 18.2 Å². The third-order valence-electron chi connectivity index (χ3n) is 10.8. The molecule has 5 heterocycles. The van der Waals surface area contributed by atoms with Gasteiger partial charge in [-0.25, -0.2) is 8.78 Å². The fraction of sp³-hybridized carbons (Fsp3) is 0.421. The lowest BCUT2D eigenvalue weighted by molar-refractivity contribution is -0.134. The van der Waals surface area contributed by atoms with Gasteiger partial charge in [0.2, 0.25) is 11.8 Å². The van der Waals surface area contributed by atoms with E-state index in [1.165, 1.54) is 11.7 Å². The topological polar surface area (TPSA) is 109 Å². The van der Waals surface area contributed by atoms with Gasteiger partial charge < -0.3 is 19.5 Å². The number of pyridine rings is 2. The summed E-state index contributed by atoms with van der Waals surface area (Å²) < 4.78 is 39.1. The predicted molar refractivity (Wildman–Crippen MR) is 198 cm³/mol. The van der Waals surface area contributed by atoms with Crippen molar-refractivity contribution in [3.05, 3.63) is 81.0 Å². The Labute approximate surface area is 310 Å². The number of hydrogen-bond donors (Lipinski definition) is 2. The summed E-state index contributed by atoms with van der Waals surface area (Å²) in [5.74, 6) is -3.87. The molecule has 4 aromatic rings. The molecule has 0 radical (unpaired) electrons. The number of methoxy groups -OCH3 is 1. The van der Waals surface area contributed by atoms with Crippen molar-refractivity contribution in [3.8, 4) is 16.9 Å². The minimum atomic E-state index is -2.88. The van der Waals surface area contributed by atoms with Gasteiger partial charge in [-0.1, -0.05) is 23.2 Å². The summed E-state index contributed by atoms with van der Waals surface area (Å²) in [7, 11) is 3.22. The Morgan fingerprint density at radius 2 is 1.79 bits per heavy atom. The number of anilines is 2. The normalized spacial score (nSPS) is 21.3. The summed E-state index contributed by atoms with van der Waals surface area (Å²) >= 11 is 13.5. The number of rotatable bonds is 8. The lowest BCUT2D eigenvalue weighted by Gasteiger charge is -2.45. The molecular formula is C38H40Cl2F2N6O4. The van der Waals surface area contributed by atoms with Crippen LogP contribution in [0.2, 0.25) is 10.0 Å². The van der Waals surface area contributed by atoms with Gasteiger partial charge in [0.15, 0.2) is 0 Å². The van der Waals surface area contributed by atoms with E-state index in [4.69, 9.17) is 27.9 Å². The summed E-state index contributed by atoms with van der Waals surface area (Å²) in [5, 5.41) is 7.62. The summed E-state index contributed by atoms with van der Waals surface area (Å²) in [4.78, 5) is 44.3. The number of piperidine rings is 3. The summed E-state index contributed by atoms with van der Waals surface area (Å²) in [6.07, 6.45) is 7.24. The van der Waals surface area contributed by atoms with E-state index in [2.05, 4.69) is 20.5 Å². The number of carbonyl (C=O) groups is 2. The molecule has 2 aromatic heterocycles. The van der Waals surface area contributed by atoms with Crippen LogP contribution in [-0.2, 0) is 23.2 Å². The Morgan fingerprint density at radius 3 is 2.50 bits per heavy atom. The number of likely N-dealkylation sites (tertiary alicyclic amines) is 1. The average molecular weight is 754 g/mol. The first-order chi connectivity index (χ1) is 24.9. The van der Waals surface area contributed by atoms with Crippen molar-refractivity contribution in [1.82, 2.24) is 19.8 Å². The first-order valence-corrected chi connectivity index (χ1v) is 18.2. The molecule has 3 aliphatic rings. The largest absolute Gasteiger partial charge is 0.496 e. The van der Waals surface area contributed by atoms with Crippen molar-refractivity contribution in [3.63, 3.8) is 0 Å². The van der Waals surface area contributed by atoms with Gasteiger partial charge in [0, 0.05) is 79.4 Å². The zero-order chi connectivity index (χ0) is 36.7. The maximum absolute atomic E-state index is 15.9. The number of hydrogen-bond acceptors (Lipinski definition) is 8. The third kappa shape index (κ3) is 7.20. The number of benzene rings is 2. The van der Waals surface area contributed by atoms with Crippen LogP contribution in [0.5, 0.6) is 5.75 Å². The molecule has 0 aliphatic carbocycles. The standard InChI is InChI=1S/C38H40Cl2F2N6O4/c1-46-19-27(25-7-11-43-18-26(25)37(46)51)23-15-30(39)28(34(16-23)52-2)20-47-12-10-29(38(41,42)21-47)22-8-13-48(14-9-22)33-5-3-24(17-31(33)40)44-32-4-6-35(49)45-36(32)50/h3,5,7,11,15-19,22,29,32,44H,4,6,8-10,12-14,20-21H2,1-2H3,(H,45,49,50). The van der Waals surface area contributed by atoms with Crippen molar-refractivity contribution in [2.24, 2.45) is 18.9 Å². The second-order valence-corrected chi connectivity index (χ2v) is 14.8. The van der Waals surface area contributed by atoms with Crippen molar-refractivity contribution in [1.29, 1.82) is 0 Å². The van der Waals surface area contributed by atoms with Gasteiger partial charge in [0.1, 0.15) is 11.8 Å². The maximum Gasteiger partial charge on any atom is 0.263 e. The summed E-state index contributed by atoms with van der Waals surface area (Å²) in [6, 6.07) is 10.4. The SMILES string of the molecule is COc1cc(-c2cn(C)c(=O)c3cnccc23)cc(Cl)c1CN1CCC(C2CCN(c3ccc(NC4CCC(=O)NC4=O)cc3Cl)CC2)C(F)(F)C1. The van der Waals surface area contributed by atoms with E-state index in [9.17, 15) is 14.4 Å². The quantitative estimate of drug-likeness (QED) is 0.196. The Balaban J connectivity index is 0.985. The van der Waals surface area contributed by atoms with Crippen LogP contribution in [0.1, 0.15) is 37.7 Å². The number of amides is 2. The smallest absolute Gasteiger partial charge is 0.263 e. The van der Waals surface area contributed by atoms with Crippen LogP contribution < -0.4 is 25.8 Å². The molecule has 0 saturated carbocycles. The Kier molecular flexibility index (Phi) is 10.2. The fourth-order valence-corrected chi connectivity index (χ4v) is 8.61. The number of aromatic nitrogens is 2. The van der Waals surface area contributed by atoms with Crippen LogP contribution in [0.15, 0.2) is 59.8 Å². The van der Waals surface area contributed by atoms with Gasteiger partial charge in [-0.2, -0.15) is 0 Å². The molecule has 0 bridgehead atoms. The first kappa shape index (κ1) is 36.1. The molecule has 10 nitrogen and oxygen atoms in total. The molecular weight excluding hydrogens is 713 g/mol. The second kappa shape index (κ2) is 14.6. The van der Waals surface area contributed by atoms with Crippen LogP contribution >= 0.6 is 23.2 Å². The Morgan fingerprint density at radius 1 is 1.00 bits per heavy atom. The minimum Gasteiger partial charge on any atom is -0.496 e. The highest BCUT2D eigenvalue weighted by Crippen LogP contribution is 2.44. The lowest BCUT2D eigenvalue weighted by atomic mass is 9.76. The van der Waals surface area contributed by atoms with Gasteiger partial charge in [-0.15, -0.1) is 0 Å². The van der Waals surface area contributed by atoms with E-state index in [-0.39, 0.29) is 42.8 Å². The number of aryl methyl sites for hydroxylation is 1. The molecule has 2 N–H and O–H groups in total. The molecule has 3 aliphatic heterocycles. The van der Waals surface area contributed by atoms with E-state index < -0.39 is 17.9 Å². The molecule has 3 fully saturated rings. The van der Waals surface area contributed by atoms with E-state index in [0.717, 1.165) is 22.2 Å². The van der Waals surface area contributed by atoms with Crippen LogP contribution in [0.25, 0.3) is 21.9 Å². The minimum absolute atomic E-state index is 0.120. The van der Waals surface area contributed by atoms with Crippen molar-refractivity contribution in [2.45, 2.75) is 50.6 Å². The zero-order valence-electron chi connectivity index (χ0n) is 28.9. The van der Waals surface area contributed by atoms with Crippen LogP contribution in [0.3, 0.4) is 0 Å². The molecule has 2 aromatic carbocycles. The van der Waals surface area contributed by atoms with Crippen LogP contribution in [-0.4, -0.2) is 71.5 Å². The van der Waals surface area contributed by atoms with Gasteiger partial charge in [-0.3, -0.25) is 29.6 Å². The fourth-order valence-electron chi connectivity index (χ4n) is 8.04. The molecule has 274 valence electrons. The number of nitrogens with one attached hydrogen (secondary N) is 2. The highest BCUT2D eigenvalue weighted by molar-refractivity contribution is 6.33. The first-order valence-electron chi connectivity index (χ1n) is 17.5. The van der Waals surface area contributed by atoms with E-state index in [0.29, 0.717) is 77.7 Å². The number of imide groups is 1. The number of nitrogens with zero attached hydrogens (tertiary/aromatic N) is 4. The van der Waals surface area contributed by atoms with E-state index in [1.54, 1.807) is 48.7 Å². The number of fused-ring (bicyclic) bond motifs is 1. The number of halogens is 4. The van der Waals surface area contributed by atoms with Crippen molar-refractivity contribution in [2.75, 3.05) is 43.5 Å². The van der Waals surface area contributed by atoms with E-state index >= 15 is 8.78 Å². The molecule has 2 unspecified atom stereocenters. The number of carbonyl (C=O) groups excluding carboxylic acids is 2. The summed E-state index contributed by atoms with van der Waals surface area (Å²) in [5.41, 5.74) is 3.51. The maximum atomic E-state index is 15.9. The van der Waals surface area contributed by atoms with Crippen molar-refractivity contribution >= 4 is 57.2 Å².